The molecule has 5 heteroatoms. The average molecular weight is 383 g/mol. The second kappa shape index (κ2) is 10.2. The fourth-order valence-corrected chi connectivity index (χ4v) is 3.88. The molecule has 0 saturated carbocycles. The molecule has 1 unspecified atom stereocenters. The first-order valence-corrected chi connectivity index (χ1v) is 9.97. The van der Waals surface area contributed by atoms with E-state index in [2.05, 4.69) is 41.4 Å². The van der Waals surface area contributed by atoms with Crippen molar-refractivity contribution in [1.29, 1.82) is 0 Å². The zero-order valence-corrected chi connectivity index (χ0v) is 16.8. The van der Waals surface area contributed by atoms with Crippen molar-refractivity contribution >= 4 is 6.09 Å². The number of rotatable bonds is 8. The Hall–Kier alpha value is -2.37. The standard InChI is InChI=1S/C23H30N2O3/c1-3-19-11-7-8-12-20(19)21-15-25(13-14-27-2)16-22(21)24-23(26)28-17-18-9-5-4-6-10-18/h4-12,21-22H,3,13-17H2,1-2H3,(H,24,26)/t21-,22?/m0/s1. The number of alkyl carbamates (subject to hydrolysis) is 1. The summed E-state index contributed by atoms with van der Waals surface area (Å²) in [6, 6.07) is 18.3. The van der Waals surface area contributed by atoms with E-state index >= 15 is 0 Å². The Morgan fingerprint density at radius 3 is 2.61 bits per heavy atom. The quantitative estimate of drug-likeness (QED) is 0.758. The summed E-state index contributed by atoms with van der Waals surface area (Å²) in [7, 11) is 1.72. The van der Waals surface area contributed by atoms with Crippen molar-refractivity contribution in [2.75, 3.05) is 33.4 Å². The third kappa shape index (κ3) is 5.33. The van der Waals surface area contributed by atoms with Crippen LogP contribution in [0.2, 0.25) is 0 Å². The van der Waals surface area contributed by atoms with Gasteiger partial charge in [0.2, 0.25) is 0 Å². The molecule has 0 spiro atoms. The van der Waals surface area contributed by atoms with Gasteiger partial charge in [0.25, 0.3) is 0 Å². The third-order valence-corrected chi connectivity index (χ3v) is 5.36. The Bertz CT molecular complexity index is 751. The van der Waals surface area contributed by atoms with Crippen LogP contribution in [-0.2, 0) is 22.5 Å². The minimum atomic E-state index is -0.360. The summed E-state index contributed by atoms with van der Waals surface area (Å²) in [6.07, 6.45) is 0.622. The first-order chi connectivity index (χ1) is 13.7. The van der Waals surface area contributed by atoms with Crippen molar-refractivity contribution in [2.45, 2.75) is 31.9 Å². The number of benzene rings is 2. The van der Waals surface area contributed by atoms with E-state index in [1.165, 1.54) is 11.1 Å². The third-order valence-electron chi connectivity index (χ3n) is 5.36. The van der Waals surface area contributed by atoms with Gasteiger partial charge in [-0.05, 0) is 23.1 Å². The summed E-state index contributed by atoms with van der Waals surface area (Å²) in [5.41, 5.74) is 3.64. The number of likely N-dealkylation sites (tertiary alicyclic amines) is 1. The molecule has 1 amide bonds. The molecule has 1 N–H and O–H groups in total. The molecule has 5 nitrogen and oxygen atoms in total. The van der Waals surface area contributed by atoms with Crippen molar-refractivity contribution in [3.63, 3.8) is 0 Å². The van der Waals surface area contributed by atoms with Crippen LogP contribution >= 0.6 is 0 Å². The highest BCUT2D eigenvalue weighted by molar-refractivity contribution is 5.68. The van der Waals surface area contributed by atoms with E-state index in [0.717, 1.165) is 31.6 Å². The predicted octanol–water partition coefficient (Wildman–Crippen LogP) is 3.59. The van der Waals surface area contributed by atoms with Crippen molar-refractivity contribution in [2.24, 2.45) is 0 Å². The maximum atomic E-state index is 12.4. The van der Waals surface area contributed by atoms with Crippen molar-refractivity contribution in [1.82, 2.24) is 10.2 Å². The number of nitrogens with zero attached hydrogens (tertiary/aromatic N) is 1. The number of methoxy groups -OCH3 is 1. The van der Waals surface area contributed by atoms with Gasteiger partial charge in [-0.3, -0.25) is 4.90 Å². The molecule has 1 aliphatic heterocycles. The summed E-state index contributed by atoms with van der Waals surface area (Å²) in [5, 5.41) is 3.11. The largest absolute Gasteiger partial charge is 0.445 e. The lowest BCUT2D eigenvalue weighted by atomic mass is 9.89. The van der Waals surface area contributed by atoms with E-state index in [1.54, 1.807) is 7.11 Å². The fourth-order valence-electron chi connectivity index (χ4n) is 3.88. The molecule has 0 aromatic heterocycles. The number of hydrogen-bond donors (Lipinski definition) is 1. The molecule has 1 fully saturated rings. The molecule has 0 bridgehead atoms. The monoisotopic (exact) mass is 382 g/mol. The molecular formula is C23H30N2O3. The molecule has 2 atom stereocenters. The second-order valence-electron chi connectivity index (χ2n) is 7.22. The van der Waals surface area contributed by atoms with E-state index in [0.29, 0.717) is 6.61 Å². The molecule has 150 valence electrons. The summed E-state index contributed by atoms with van der Waals surface area (Å²) < 4.78 is 10.7. The van der Waals surface area contributed by atoms with Gasteiger partial charge in [0.15, 0.2) is 0 Å². The maximum absolute atomic E-state index is 12.4. The highest BCUT2D eigenvalue weighted by Gasteiger charge is 2.35. The Labute approximate surface area is 167 Å². The van der Waals surface area contributed by atoms with Crippen LogP contribution in [0.25, 0.3) is 0 Å². The van der Waals surface area contributed by atoms with Gasteiger partial charge in [0, 0.05) is 32.7 Å². The van der Waals surface area contributed by atoms with Crippen LogP contribution in [0.1, 0.15) is 29.5 Å². The molecule has 2 aromatic rings. The minimum Gasteiger partial charge on any atom is -0.445 e. The molecule has 1 heterocycles. The van der Waals surface area contributed by atoms with Gasteiger partial charge in [-0.15, -0.1) is 0 Å². The van der Waals surface area contributed by atoms with Crippen LogP contribution in [0.3, 0.4) is 0 Å². The van der Waals surface area contributed by atoms with E-state index in [-0.39, 0.29) is 24.7 Å². The lowest BCUT2D eigenvalue weighted by molar-refractivity contribution is 0.134. The second-order valence-corrected chi connectivity index (χ2v) is 7.22. The number of aryl methyl sites for hydroxylation is 1. The summed E-state index contributed by atoms with van der Waals surface area (Å²) >= 11 is 0. The SMILES string of the molecule is CCc1ccccc1[C@@H]1CN(CCOC)CC1NC(=O)OCc1ccccc1. The Morgan fingerprint density at radius 1 is 1.11 bits per heavy atom. The molecule has 28 heavy (non-hydrogen) atoms. The van der Waals surface area contributed by atoms with Gasteiger partial charge < -0.3 is 14.8 Å². The number of hydrogen-bond acceptors (Lipinski definition) is 4. The van der Waals surface area contributed by atoms with Crippen LogP contribution in [0.5, 0.6) is 0 Å². The van der Waals surface area contributed by atoms with Crippen molar-refractivity contribution in [3.8, 4) is 0 Å². The highest BCUT2D eigenvalue weighted by Crippen LogP contribution is 2.30. The topological polar surface area (TPSA) is 50.8 Å². The first-order valence-electron chi connectivity index (χ1n) is 9.97. The van der Waals surface area contributed by atoms with E-state index in [4.69, 9.17) is 9.47 Å². The molecule has 0 radical (unpaired) electrons. The number of carbonyl (C=O) groups is 1. The van der Waals surface area contributed by atoms with Crippen LogP contribution in [0.4, 0.5) is 4.79 Å². The van der Waals surface area contributed by atoms with Gasteiger partial charge in [0.05, 0.1) is 12.6 Å². The molecule has 0 aliphatic carbocycles. The fraction of sp³-hybridized carbons (Fsp3) is 0.435. The predicted molar refractivity (Wildman–Crippen MR) is 110 cm³/mol. The Balaban J connectivity index is 1.67. The molecule has 1 saturated heterocycles. The summed E-state index contributed by atoms with van der Waals surface area (Å²) in [4.78, 5) is 14.8. The van der Waals surface area contributed by atoms with Gasteiger partial charge in [0.1, 0.15) is 6.61 Å². The van der Waals surface area contributed by atoms with Gasteiger partial charge in [-0.1, -0.05) is 61.5 Å². The molecule has 2 aromatic carbocycles. The van der Waals surface area contributed by atoms with Crippen LogP contribution in [0, 0.1) is 0 Å². The van der Waals surface area contributed by atoms with Crippen molar-refractivity contribution < 1.29 is 14.3 Å². The van der Waals surface area contributed by atoms with Crippen LogP contribution in [-0.4, -0.2) is 50.4 Å². The van der Waals surface area contributed by atoms with Crippen LogP contribution in [0.15, 0.2) is 54.6 Å². The number of amides is 1. The lowest BCUT2D eigenvalue weighted by Crippen LogP contribution is -2.40. The van der Waals surface area contributed by atoms with Gasteiger partial charge in [-0.2, -0.15) is 0 Å². The van der Waals surface area contributed by atoms with E-state index in [1.807, 2.05) is 30.3 Å². The Kier molecular flexibility index (Phi) is 7.46. The van der Waals surface area contributed by atoms with E-state index < -0.39 is 0 Å². The van der Waals surface area contributed by atoms with E-state index in [9.17, 15) is 4.79 Å². The number of carbonyl (C=O) groups excluding carboxylic acids is 1. The lowest BCUT2D eigenvalue weighted by Gasteiger charge is -2.22. The summed E-state index contributed by atoms with van der Waals surface area (Å²) in [6.45, 7) is 5.71. The highest BCUT2D eigenvalue weighted by atomic mass is 16.5. The minimum absolute atomic E-state index is 0.0211. The summed E-state index contributed by atoms with van der Waals surface area (Å²) in [5.74, 6) is 0.247. The normalized spacial score (nSPS) is 19.5. The Morgan fingerprint density at radius 2 is 1.86 bits per heavy atom. The zero-order chi connectivity index (χ0) is 19.8. The van der Waals surface area contributed by atoms with Gasteiger partial charge in [-0.25, -0.2) is 4.79 Å². The first kappa shape index (κ1) is 20.4. The average Bonchev–Trinajstić information content (AvgIpc) is 3.13. The maximum Gasteiger partial charge on any atom is 0.407 e. The van der Waals surface area contributed by atoms with Crippen LogP contribution < -0.4 is 5.32 Å². The smallest absolute Gasteiger partial charge is 0.407 e. The molecule has 3 rings (SSSR count). The zero-order valence-electron chi connectivity index (χ0n) is 16.8. The molecule has 1 aliphatic rings. The number of ether oxygens (including phenoxy) is 2. The molecular weight excluding hydrogens is 352 g/mol. The number of nitrogens with one attached hydrogen (secondary N) is 1. The van der Waals surface area contributed by atoms with Crippen molar-refractivity contribution in [3.05, 3.63) is 71.3 Å². The van der Waals surface area contributed by atoms with Gasteiger partial charge >= 0.3 is 6.09 Å².